The summed E-state index contributed by atoms with van der Waals surface area (Å²) in [6, 6.07) is 5.25. The van der Waals surface area contributed by atoms with Gasteiger partial charge < -0.3 is 25.4 Å². The lowest BCUT2D eigenvalue weighted by molar-refractivity contribution is -0.115. The smallest absolute Gasteiger partial charge is 0.410 e. The SMILES string of the molecule is CC(C)(C)OC(=O)N1CCC(=C2Oc3cccc(N)c3NC2=O)CC1. The van der Waals surface area contributed by atoms with Gasteiger partial charge in [0.25, 0.3) is 5.91 Å². The minimum atomic E-state index is -0.522. The normalized spacial score (nSPS) is 17.6. The Morgan fingerprint density at radius 2 is 1.96 bits per heavy atom. The zero-order chi connectivity index (χ0) is 18.2. The van der Waals surface area contributed by atoms with E-state index in [9.17, 15) is 9.59 Å². The van der Waals surface area contributed by atoms with Crippen molar-refractivity contribution < 1.29 is 19.1 Å². The number of hydrogen-bond acceptors (Lipinski definition) is 5. The van der Waals surface area contributed by atoms with Crippen LogP contribution in [0.5, 0.6) is 5.75 Å². The van der Waals surface area contributed by atoms with Gasteiger partial charge in [-0.3, -0.25) is 4.79 Å². The number of likely N-dealkylation sites (tertiary alicyclic amines) is 1. The maximum atomic E-state index is 12.4. The first kappa shape index (κ1) is 17.1. The van der Waals surface area contributed by atoms with E-state index in [-0.39, 0.29) is 12.0 Å². The standard InChI is InChI=1S/C18H23N3O4/c1-18(2,3)25-17(23)21-9-7-11(8-10-21)15-16(22)20-14-12(19)5-4-6-13(14)24-15/h4-6H,7-10,19H2,1-3H3,(H,20,22). The van der Waals surface area contributed by atoms with Gasteiger partial charge in [0.05, 0.1) is 5.69 Å². The Morgan fingerprint density at radius 1 is 1.28 bits per heavy atom. The van der Waals surface area contributed by atoms with Gasteiger partial charge in [-0.05, 0) is 51.3 Å². The third-order valence-corrected chi connectivity index (χ3v) is 4.06. The molecular formula is C18H23N3O4. The second kappa shape index (κ2) is 6.31. The maximum Gasteiger partial charge on any atom is 0.410 e. The highest BCUT2D eigenvalue weighted by atomic mass is 16.6. The Kier molecular flexibility index (Phi) is 4.32. The van der Waals surface area contributed by atoms with Gasteiger partial charge in [0.15, 0.2) is 11.5 Å². The molecule has 7 nitrogen and oxygen atoms in total. The van der Waals surface area contributed by atoms with E-state index in [0.717, 1.165) is 5.57 Å². The van der Waals surface area contributed by atoms with Crippen LogP contribution in [0.2, 0.25) is 0 Å². The third-order valence-electron chi connectivity index (χ3n) is 4.06. The average molecular weight is 345 g/mol. The summed E-state index contributed by atoms with van der Waals surface area (Å²) in [4.78, 5) is 26.1. The molecule has 2 aliphatic rings. The van der Waals surface area contributed by atoms with E-state index in [2.05, 4.69) is 5.32 Å². The fourth-order valence-electron chi connectivity index (χ4n) is 2.84. The molecular weight excluding hydrogens is 322 g/mol. The van der Waals surface area contributed by atoms with Crippen molar-refractivity contribution in [3.63, 3.8) is 0 Å². The molecule has 0 bridgehead atoms. The number of benzene rings is 1. The van der Waals surface area contributed by atoms with Crippen LogP contribution in [0.25, 0.3) is 0 Å². The van der Waals surface area contributed by atoms with Crippen molar-refractivity contribution in [1.82, 2.24) is 4.90 Å². The predicted molar refractivity (Wildman–Crippen MR) is 94.2 cm³/mol. The van der Waals surface area contributed by atoms with Crippen LogP contribution >= 0.6 is 0 Å². The van der Waals surface area contributed by atoms with E-state index in [1.165, 1.54) is 0 Å². The van der Waals surface area contributed by atoms with Gasteiger partial charge in [-0.15, -0.1) is 0 Å². The number of nitrogens with zero attached hydrogens (tertiary/aromatic N) is 1. The number of piperidine rings is 1. The molecule has 1 saturated heterocycles. The number of ether oxygens (including phenoxy) is 2. The molecule has 0 unspecified atom stereocenters. The summed E-state index contributed by atoms with van der Waals surface area (Å²) in [6.07, 6.45) is 0.808. The number of nitrogens with one attached hydrogen (secondary N) is 1. The Bertz CT molecular complexity index is 739. The van der Waals surface area contributed by atoms with Crippen LogP contribution < -0.4 is 15.8 Å². The van der Waals surface area contributed by atoms with Crippen molar-refractivity contribution in [2.45, 2.75) is 39.2 Å². The van der Waals surface area contributed by atoms with Crippen molar-refractivity contribution in [2.24, 2.45) is 0 Å². The van der Waals surface area contributed by atoms with Gasteiger partial charge in [0, 0.05) is 13.1 Å². The van der Waals surface area contributed by atoms with Gasteiger partial charge in [0.1, 0.15) is 11.3 Å². The average Bonchev–Trinajstić information content (AvgIpc) is 2.54. The summed E-state index contributed by atoms with van der Waals surface area (Å²) in [7, 11) is 0. The Morgan fingerprint density at radius 3 is 2.60 bits per heavy atom. The first-order valence-corrected chi connectivity index (χ1v) is 8.32. The number of amides is 2. The molecule has 0 aromatic heterocycles. The minimum Gasteiger partial charge on any atom is -0.449 e. The second-order valence-corrected chi connectivity index (χ2v) is 7.18. The lowest BCUT2D eigenvalue weighted by atomic mass is 10.0. The largest absolute Gasteiger partial charge is 0.449 e. The first-order valence-electron chi connectivity index (χ1n) is 8.32. The van der Waals surface area contributed by atoms with E-state index in [1.807, 2.05) is 20.8 Å². The Labute approximate surface area is 146 Å². The van der Waals surface area contributed by atoms with E-state index in [1.54, 1.807) is 23.1 Å². The number of nitrogen functional groups attached to an aromatic ring is 1. The number of rotatable bonds is 0. The highest BCUT2D eigenvalue weighted by molar-refractivity contribution is 6.08. The maximum absolute atomic E-state index is 12.4. The highest BCUT2D eigenvalue weighted by Gasteiger charge is 2.30. The fourth-order valence-corrected chi connectivity index (χ4v) is 2.84. The molecule has 0 atom stereocenters. The summed E-state index contributed by atoms with van der Waals surface area (Å²) >= 11 is 0. The van der Waals surface area contributed by atoms with Gasteiger partial charge in [0.2, 0.25) is 0 Å². The molecule has 2 amide bonds. The van der Waals surface area contributed by atoms with E-state index in [0.29, 0.717) is 48.8 Å². The Balaban J connectivity index is 1.72. The van der Waals surface area contributed by atoms with Crippen molar-refractivity contribution in [3.05, 3.63) is 29.5 Å². The molecule has 3 N–H and O–H groups in total. The molecule has 0 spiro atoms. The van der Waals surface area contributed by atoms with Crippen molar-refractivity contribution in [3.8, 4) is 5.75 Å². The zero-order valence-corrected chi connectivity index (χ0v) is 14.7. The number of carbonyl (C=O) groups excluding carboxylic acids is 2. The van der Waals surface area contributed by atoms with Crippen LogP contribution in [0, 0.1) is 0 Å². The van der Waals surface area contributed by atoms with Crippen molar-refractivity contribution in [1.29, 1.82) is 0 Å². The number of carbonyl (C=O) groups is 2. The summed E-state index contributed by atoms with van der Waals surface area (Å²) in [5.41, 5.74) is 7.20. The molecule has 134 valence electrons. The van der Waals surface area contributed by atoms with E-state index in [4.69, 9.17) is 15.2 Å². The topological polar surface area (TPSA) is 93.9 Å². The monoisotopic (exact) mass is 345 g/mol. The van der Waals surface area contributed by atoms with Gasteiger partial charge in [-0.1, -0.05) is 6.07 Å². The number of nitrogens with two attached hydrogens (primary N) is 1. The number of hydrogen-bond donors (Lipinski definition) is 2. The van der Waals surface area contributed by atoms with Crippen molar-refractivity contribution in [2.75, 3.05) is 24.1 Å². The number of para-hydroxylation sites is 1. The van der Waals surface area contributed by atoms with Crippen LogP contribution in [-0.4, -0.2) is 35.6 Å². The van der Waals surface area contributed by atoms with Gasteiger partial charge in [-0.25, -0.2) is 4.79 Å². The van der Waals surface area contributed by atoms with Crippen LogP contribution in [-0.2, 0) is 9.53 Å². The quantitative estimate of drug-likeness (QED) is 0.557. The fraction of sp³-hybridized carbons (Fsp3) is 0.444. The predicted octanol–water partition coefficient (Wildman–Crippen LogP) is 2.88. The first-order chi connectivity index (χ1) is 11.7. The zero-order valence-electron chi connectivity index (χ0n) is 14.7. The van der Waals surface area contributed by atoms with Gasteiger partial charge in [-0.2, -0.15) is 0 Å². The number of fused-ring (bicyclic) bond motifs is 1. The van der Waals surface area contributed by atoms with Gasteiger partial charge >= 0.3 is 6.09 Å². The van der Waals surface area contributed by atoms with Crippen LogP contribution in [0.3, 0.4) is 0 Å². The summed E-state index contributed by atoms with van der Waals surface area (Å²) in [5, 5.41) is 2.79. The van der Waals surface area contributed by atoms with Crippen LogP contribution in [0.4, 0.5) is 16.2 Å². The lowest BCUT2D eigenvalue weighted by Crippen LogP contribution is -2.41. The minimum absolute atomic E-state index is 0.300. The molecule has 3 rings (SSSR count). The molecule has 0 radical (unpaired) electrons. The molecule has 7 heteroatoms. The summed E-state index contributed by atoms with van der Waals surface area (Å²) in [5.74, 6) is 0.546. The Hall–Kier alpha value is -2.70. The lowest BCUT2D eigenvalue weighted by Gasteiger charge is -2.32. The molecule has 0 saturated carbocycles. The number of anilines is 2. The summed E-state index contributed by atoms with van der Waals surface area (Å²) in [6.45, 7) is 6.51. The molecule has 1 aromatic carbocycles. The van der Waals surface area contributed by atoms with E-state index < -0.39 is 5.60 Å². The third kappa shape index (κ3) is 3.70. The molecule has 2 aliphatic heterocycles. The van der Waals surface area contributed by atoms with Crippen molar-refractivity contribution >= 4 is 23.4 Å². The molecule has 0 aliphatic carbocycles. The second-order valence-electron chi connectivity index (χ2n) is 7.18. The molecule has 1 fully saturated rings. The van der Waals surface area contributed by atoms with Crippen LogP contribution in [0.15, 0.2) is 29.5 Å². The molecule has 25 heavy (non-hydrogen) atoms. The van der Waals surface area contributed by atoms with Crippen LogP contribution in [0.1, 0.15) is 33.6 Å². The summed E-state index contributed by atoms with van der Waals surface area (Å²) < 4.78 is 11.2. The molecule has 2 heterocycles. The molecule has 1 aromatic rings. The van der Waals surface area contributed by atoms with E-state index >= 15 is 0 Å². The highest BCUT2D eigenvalue weighted by Crippen LogP contribution is 2.37.